The van der Waals surface area contributed by atoms with E-state index in [1.165, 1.54) is 11.1 Å². The molecule has 1 amide bonds. The monoisotopic (exact) mass is 334 g/mol. The van der Waals surface area contributed by atoms with E-state index >= 15 is 0 Å². The van der Waals surface area contributed by atoms with Crippen molar-refractivity contribution < 1.29 is 4.79 Å². The number of piperidine rings is 1. The number of rotatable bonds is 5. The Hall–Kier alpha value is -2.39. The number of aryl methyl sites for hydroxylation is 1. The topological polar surface area (TPSA) is 32.3 Å². The molecule has 0 bridgehead atoms. The van der Waals surface area contributed by atoms with E-state index in [0.717, 1.165) is 38.0 Å². The molecule has 0 aliphatic carbocycles. The van der Waals surface area contributed by atoms with Crippen molar-refractivity contribution in [2.45, 2.75) is 32.4 Å². The molecule has 3 heteroatoms. The summed E-state index contributed by atoms with van der Waals surface area (Å²) in [5.41, 5.74) is 3.62. The third kappa shape index (κ3) is 5.57. The average Bonchev–Trinajstić information content (AvgIpc) is 2.63. The second-order valence-electron chi connectivity index (χ2n) is 6.79. The van der Waals surface area contributed by atoms with E-state index in [0.29, 0.717) is 0 Å². The molecule has 0 saturated carbocycles. The van der Waals surface area contributed by atoms with E-state index in [-0.39, 0.29) is 11.9 Å². The predicted octanol–water partition coefficient (Wildman–Crippen LogP) is 3.79. The highest BCUT2D eigenvalue weighted by molar-refractivity contribution is 5.91. The number of hydrogen-bond donors (Lipinski definition) is 1. The Morgan fingerprint density at radius 1 is 1.12 bits per heavy atom. The van der Waals surface area contributed by atoms with Crippen LogP contribution in [0.5, 0.6) is 0 Å². The molecule has 1 aliphatic rings. The zero-order valence-electron chi connectivity index (χ0n) is 14.8. The van der Waals surface area contributed by atoms with Crippen LogP contribution in [0.4, 0.5) is 0 Å². The maximum Gasteiger partial charge on any atom is 0.244 e. The van der Waals surface area contributed by atoms with E-state index in [1.54, 1.807) is 6.08 Å². The number of nitrogens with zero attached hydrogens (tertiary/aromatic N) is 1. The summed E-state index contributed by atoms with van der Waals surface area (Å²) in [5.74, 6) is 0.00279. The molecular weight excluding hydrogens is 308 g/mol. The smallest absolute Gasteiger partial charge is 0.244 e. The standard InChI is InChI=1S/C22H26N2O/c1-18-6-5-9-19(16-18)10-11-22(25)23-21-12-14-24(15-13-21)17-20-7-3-2-4-8-20/h2-11,16,21H,12-15,17H2,1H3,(H,23,25)/b11-10-. The van der Waals surface area contributed by atoms with Crippen molar-refractivity contribution in [1.29, 1.82) is 0 Å². The van der Waals surface area contributed by atoms with Crippen molar-refractivity contribution in [3.05, 3.63) is 77.4 Å². The van der Waals surface area contributed by atoms with Gasteiger partial charge in [0.25, 0.3) is 0 Å². The second-order valence-corrected chi connectivity index (χ2v) is 6.79. The Balaban J connectivity index is 1.43. The fourth-order valence-corrected chi connectivity index (χ4v) is 3.27. The van der Waals surface area contributed by atoms with E-state index < -0.39 is 0 Å². The van der Waals surface area contributed by atoms with Crippen LogP contribution in [0.3, 0.4) is 0 Å². The average molecular weight is 334 g/mol. The zero-order valence-corrected chi connectivity index (χ0v) is 14.8. The number of benzene rings is 2. The number of nitrogens with one attached hydrogen (secondary N) is 1. The number of likely N-dealkylation sites (tertiary alicyclic amines) is 1. The molecule has 1 N–H and O–H groups in total. The molecule has 3 rings (SSSR count). The molecule has 1 aliphatic heterocycles. The lowest BCUT2D eigenvalue weighted by atomic mass is 10.0. The summed E-state index contributed by atoms with van der Waals surface area (Å²) in [5, 5.41) is 3.14. The van der Waals surface area contributed by atoms with Gasteiger partial charge in [-0.05, 0) is 37.0 Å². The van der Waals surface area contributed by atoms with E-state index in [4.69, 9.17) is 0 Å². The highest BCUT2D eigenvalue weighted by atomic mass is 16.1. The van der Waals surface area contributed by atoms with Gasteiger partial charge in [0.05, 0.1) is 0 Å². The Bertz CT molecular complexity index is 716. The summed E-state index contributed by atoms with van der Waals surface area (Å²) < 4.78 is 0. The molecule has 0 radical (unpaired) electrons. The zero-order chi connectivity index (χ0) is 17.5. The number of carbonyl (C=O) groups excluding carboxylic acids is 1. The SMILES string of the molecule is Cc1cccc(/C=C\C(=O)NC2CCN(Cc3ccccc3)CC2)c1. The molecule has 1 heterocycles. The van der Waals surface area contributed by atoms with Gasteiger partial charge in [-0.3, -0.25) is 9.69 Å². The summed E-state index contributed by atoms with van der Waals surface area (Å²) in [7, 11) is 0. The molecule has 0 unspecified atom stereocenters. The highest BCUT2D eigenvalue weighted by Crippen LogP contribution is 2.14. The molecule has 1 saturated heterocycles. The van der Waals surface area contributed by atoms with Gasteiger partial charge in [-0.1, -0.05) is 60.2 Å². The molecule has 1 fully saturated rings. The van der Waals surface area contributed by atoms with Crippen molar-refractivity contribution in [1.82, 2.24) is 10.2 Å². The molecule has 25 heavy (non-hydrogen) atoms. The van der Waals surface area contributed by atoms with Gasteiger partial charge in [-0.25, -0.2) is 0 Å². The lowest BCUT2D eigenvalue weighted by molar-refractivity contribution is -0.117. The van der Waals surface area contributed by atoms with Crippen molar-refractivity contribution in [2.24, 2.45) is 0 Å². The van der Waals surface area contributed by atoms with E-state index in [9.17, 15) is 4.79 Å². The maximum absolute atomic E-state index is 12.1. The maximum atomic E-state index is 12.1. The van der Waals surface area contributed by atoms with Crippen LogP contribution in [0.1, 0.15) is 29.5 Å². The second kappa shape index (κ2) is 8.63. The molecular formula is C22H26N2O. The van der Waals surface area contributed by atoms with Crippen LogP contribution in [0, 0.1) is 6.92 Å². The third-order valence-electron chi connectivity index (χ3n) is 4.65. The van der Waals surface area contributed by atoms with Gasteiger partial charge in [0.2, 0.25) is 5.91 Å². The summed E-state index contributed by atoms with van der Waals surface area (Å²) >= 11 is 0. The minimum atomic E-state index is 0.00279. The Morgan fingerprint density at radius 2 is 1.88 bits per heavy atom. The molecule has 3 nitrogen and oxygen atoms in total. The Kier molecular flexibility index (Phi) is 6.02. The van der Waals surface area contributed by atoms with Gasteiger partial charge in [0.15, 0.2) is 0 Å². The largest absolute Gasteiger partial charge is 0.350 e. The summed E-state index contributed by atoms with van der Waals surface area (Å²) in [4.78, 5) is 14.6. The fourth-order valence-electron chi connectivity index (χ4n) is 3.27. The quantitative estimate of drug-likeness (QED) is 0.844. The van der Waals surface area contributed by atoms with Crippen LogP contribution in [-0.4, -0.2) is 29.9 Å². The van der Waals surface area contributed by atoms with E-state index in [2.05, 4.69) is 59.6 Å². The van der Waals surface area contributed by atoms with Gasteiger partial charge < -0.3 is 5.32 Å². The van der Waals surface area contributed by atoms with Crippen molar-refractivity contribution in [3.63, 3.8) is 0 Å². The molecule has 0 aromatic heterocycles. The van der Waals surface area contributed by atoms with Gasteiger partial charge in [0, 0.05) is 31.8 Å². The number of amides is 1. The lowest BCUT2D eigenvalue weighted by Gasteiger charge is -2.32. The van der Waals surface area contributed by atoms with Gasteiger partial charge in [-0.15, -0.1) is 0 Å². The summed E-state index contributed by atoms with van der Waals surface area (Å²) in [6.45, 7) is 5.11. The lowest BCUT2D eigenvalue weighted by Crippen LogP contribution is -2.43. The predicted molar refractivity (Wildman–Crippen MR) is 103 cm³/mol. The van der Waals surface area contributed by atoms with Crippen LogP contribution in [0.15, 0.2) is 60.7 Å². The first-order valence-corrected chi connectivity index (χ1v) is 9.00. The number of hydrogen-bond acceptors (Lipinski definition) is 2. The van der Waals surface area contributed by atoms with Crippen LogP contribution in [0.25, 0.3) is 6.08 Å². The highest BCUT2D eigenvalue weighted by Gasteiger charge is 2.19. The normalized spacial score (nSPS) is 16.2. The van der Waals surface area contributed by atoms with Crippen molar-refractivity contribution in [2.75, 3.05) is 13.1 Å². The van der Waals surface area contributed by atoms with Crippen LogP contribution < -0.4 is 5.32 Å². The fraction of sp³-hybridized carbons (Fsp3) is 0.318. The van der Waals surface area contributed by atoms with Gasteiger partial charge in [0.1, 0.15) is 0 Å². The Labute approximate surface area is 150 Å². The first-order valence-electron chi connectivity index (χ1n) is 9.00. The van der Waals surface area contributed by atoms with Crippen molar-refractivity contribution in [3.8, 4) is 0 Å². The van der Waals surface area contributed by atoms with E-state index in [1.807, 2.05) is 18.2 Å². The minimum Gasteiger partial charge on any atom is -0.350 e. The number of carbonyl (C=O) groups is 1. The van der Waals surface area contributed by atoms with Crippen molar-refractivity contribution >= 4 is 12.0 Å². The molecule has 0 spiro atoms. The van der Waals surface area contributed by atoms with Crippen LogP contribution >= 0.6 is 0 Å². The first kappa shape index (κ1) is 17.4. The summed E-state index contributed by atoms with van der Waals surface area (Å²) in [6, 6.07) is 19.0. The summed E-state index contributed by atoms with van der Waals surface area (Å²) in [6.07, 6.45) is 5.55. The van der Waals surface area contributed by atoms with Gasteiger partial charge in [-0.2, -0.15) is 0 Å². The molecule has 130 valence electrons. The van der Waals surface area contributed by atoms with Gasteiger partial charge >= 0.3 is 0 Å². The first-order chi connectivity index (χ1) is 12.2. The van der Waals surface area contributed by atoms with Crippen LogP contribution in [0.2, 0.25) is 0 Å². The third-order valence-corrected chi connectivity index (χ3v) is 4.65. The molecule has 2 aromatic rings. The molecule has 0 atom stereocenters. The molecule has 2 aromatic carbocycles. The minimum absolute atomic E-state index is 0.00279. The van der Waals surface area contributed by atoms with Crippen LogP contribution in [-0.2, 0) is 11.3 Å². The Morgan fingerprint density at radius 3 is 2.60 bits per heavy atom.